The molecule has 3 aromatic rings. The van der Waals surface area contributed by atoms with Crippen LogP contribution in [0.15, 0.2) is 54.7 Å². The van der Waals surface area contributed by atoms with Crippen molar-refractivity contribution in [3.63, 3.8) is 0 Å². The molecular formula is C22H18ClF3N4O2. The van der Waals surface area contributed by atoms with Gasteiger partial charge >= 0.3 is 6.18 Å². The predicted octanol–water partition coefficient (Wildman–Crippen LogP) is 4.60. The highest BCUT2D eigenvalue weighted by atomic mass is 35.5. The largest absolute Gasteiger partial charge is 0.434 e. The first-order chi connectivity index (χ1) is 15.2. The van der Waals surface area contributed by atoms with Gasteiger partial charge in [-0.15, -0.1) is 0 Å². The molecule has 2 amide bonds. The molecule has 4 rings (SSSR count). The van der Waals surface area contributed by atoms with Crippen LogP contribution in [0.25, 0.3) is 5.69 Å². The number of nitrogens with zero attached hydrogens (tertiary/aromatic N) is 3. The molecule has 2 heterocycles. The first kappa shape index (κ1) is 21.9. The zero-order valence-corrected chi connectivity index (χ0v) is 17.5. The molecule has 1 aromatic heterocycles. The van der Waals surface area contributed by atoms with Gasteiger partial charge in [-0.05, 0) is 42.3 Å². The van der Waals surface area contributed by atoms with Crippen LogP contribution in [0.4, 0.5) is 18.9 Å². The minimum absolute atomic E-state index is 0.0205. The van der Waals surface area contributed by atoms with E-state index in [0.717, 1.165) is 18.3 Å². The van der Waals surface area contributed by atoms with Gasteiger partial charge < -0.3 is 10.2 Å². The van der Waals surface area contributed by atoms with Gasteiger partial charge in [0.2, 0.25) is 5.91 Å². The summed E-state index contributed by atoms with van der Waals surface area (Å²) >= 11 is 5.89. The normalized spacial score (nSPS) is 14.1. The summed E-state index contributed by atoms with van der Waals surface area (Å²) in [6.45, 7) is 0.679. The van der Waals surface area contributed by atoms with Gasteiger partial charge in [0, 0.05) is 30.2 Å². The Morgan fingerprint density at radius 3 is 2.50 bits per heavy atom. The van der Waals surface area contributed by atoms with E-state index < -0.39 is 23.3 Å². The molecule has 0 saturated carbocycles. The molecule has 0 aliphatic carbocycles. The van der Waals surface area contributed by atoms with Gasteiger partial charge in [-0.3, -0.25) is 9.59 Å². The van der Waals surface area contributed by atoms with Crippen molar-refractivity contribution in [2.45, 2.75) is 25.6 Å². The Kier molecular flexibility index (Phi) is 5.92. The van der Waals surface area contributed by atoms with Crippen molar-refractivity contribution < 1.29 is 22.8 Å². The Balaban J connectivity index is 1.52. The lowest BCUT2D eigenvalue weighted by atomic mass is 10.1. The summed E-state index contributed by atoms with van der Waals surface area (Å²) in [6.07, 6.45) is -2.60. The second kappa shape index (κ2) is 8.66. The number of carbonyl (C=O) groups excluding carboxylic acids is 2. The molecule has 1 aliphatic heterocycles. The molecule has 0 bridgehead atoms. The fraction of sp³-hybridized carbons (Fsp3) is 0.227. The number of aromatic nitrogens is 2. The minimum Gasteiger partial charge on any atom is -0.348 e. The van der Waals surface area contributed by atoms with Crippen LogP contribution in [0.2, 0.25) is 5.02 Å². The lowest BCUT2D eigenvalue weighted by Crippen LogP contribution is -2.26. The Bertz CT molecular complexity index is 1160. The lowest BCUT2D eigenvalue weighted by molar-refractivity contribution is -0.143. The van der Waals surface area contributed by atoms with Crippen molar-refractivity contribution >= 4 is 29.1 Å². The molecule has 1 saturated heterocycles. The fourth-order valence-corrected chi connectivity index (χ4v) is 3.77. The van der Waals surface area contributed by atoms with Crippen LogP contribution in [0.5, 0.6) is 0 Å². The Hall–Kier alpha value is -3.33. The van der Waals surface area contributed by atoms with Crippen molar-refractivity contribution in [1.29, 1.82) is 0 Å². The molecule has 32 heavy (non-hydrogen) atoms. The summed E-state index contributed by atoms with van der Waals surface area (Å²) in [7, 11) is 0. The van der Waals surface area contributed by atoms with E-state index in [-0.39, 0.29) is 23.2 Å². The SMILES string of the molecule is O=C(NCc1ccc(N2CCCC2=O)cc1)c1cnn(-c2cccc(Cl)c2)c1C(F)(F)F. The van der Waals surface area contributed by atoms with E-state index in [0.29, 0.717) is 23.2 Å². The number of amides is 2. The van der Waals surface area contributed by atoms with Crippen LogP contribution in [0.3, 0.4) is 0 Å². The summed E-state index contributed by atoms with van der Waals surface area (Å²) in [5.74, 6) is -0.841. The zero-order chi connectivity index (χ0) is 22.9. The van der Waals surface area contributed by atoms with Crippen molar-refractivity contribution in [3.05, 3.63) is 76.6 Å². The maximum Gasteiger partial charge on any atom is 0.434 e. The topological polar surface area (TPSA) is 67.2 Å². The molecule has 0 atom stereocenters. The van der Waals surface area contributed by atoms with Crippen molar-refractivity contribution in [2.24, 2.45) is 0 Å². The number of carbonyl (C=O) groups is 2. The van der Waals surface area contributed by atoms with Crippen LogP contribution in [0.1, 0.15) is 34.5 Å². The number of nitrogens with one attached hydrogen (secondary N) is 1. The summed E-state index contributed by atoms with van der Waals surface area (Å²) in [5, 5.41) is 6.52. The highest BCUT2D eigenvalue weighted by Crippen LogP contribution is 2.34. The number of hydrogen-bond acceptors (Lipinski definition) is 3. The summed E-state index contributed by atoms with van der Waals surface area (Å²) in [6, 6.07) is 12.7. The van der Waals surface area contributed by atoms with Crippen LogP contribution in [-0.2, 0) is 17.5 Å². The third kappa shape index (κ3) is 4.47. The Morgan fingerprint density at radius 2 is 1.88 bits per heavy atom. The summed E-state index contributed by atoms with van der Waals surface area (Å²) < 4.78 is 42.0. The summed E-state index contributed by atoms with van der Waals surface area (Å²) in [4.78, 5) is 26.1. The van der Waals surface area contributed by atoms with Gasteiger partial charge in [-0.25, -0.2) is 4.68 Å². The highest BCUT2D eigenvalue weighted by molar-refractivity contribution is 6.30. The van der Waals surface area contributed by atoms with E-state index in [9.17, 15) is 22.8 Å². The third-order valence-electron chi connectivity index (χ3n) is 5.11. The first-order valence-electron chi connectivity index (χ1n) is 9.83. The van der Waals surface area contributed by atoms with E-state index >= 15 is 0 Å². The molecule has 2 aromatic carbocycles. The van der Waals surface area contributed by atoms with E-state index in [1.807, 2.05) is 0 Å². The molecule has 10 heteroatoms. The highest BCUT2D eigenvalue weighted by Gasteiger charge is 2.40. The Morgan fingerprint density at radius 1 is 1.12 bits per heavy atom. The van der Waals surface area contributed by atoms with E-state index in [1.54, 1.807) is 29.2 Å². The van der Waals surface area contributed by atoms with E-state index in [1.165, 1.54) is 24.3 Å². The number of anilines is 1. The number of rotatable bonds is 5. The average Bonchev–Trinajstić information content (AvgIpc) is 3.39. The molecule has 166 valence electrons. The number of alkyl halides is 3. The third-order valence-corrected chi connectivity index (χ3v) is 5.34. The molecule has 0 spiro atoms. The lowest BCUT2D eigenvalue weighted by Gasteiger charge is -2.16. The minimum atomic E-state index is -4.81. The van der Waals surface area contributed by atoms with Crippen LogP contribution < -0.4 is 10.2 Å². The van der Waals surface area contributed by atoms with Gasteiger partial charge in [0.1, 0.15) is 0 Å². The van der Waals surface area contributed by atoms with Gasteiger partial charge in [0.15, 0.2) is 5.69 Å². The van der Waals surface area contributed by atoms with Gasteiger partial charge in [-0.1, -0.05) is 29.8 Å². The fourth-order valence-electron chi connectivity index (χ4n) is 3.58. The molecule has 1 fully saturated rings. The van der Waals surface area contributed by atoms with Crippen LogP contribution >= 0.6 is 11.6 Å². The van der Waals surface area contributed by atoms with Crippen molar-refractivity contribution in [1.82, 2.24) is 15.1 Å². The zero-order valence-electron chi connectivity index (χ0n) is 16.7. The second-order valence-corrected chi connectivity index (χ2v) is 7.73. The van der Waals surface area contributed by atoms with Gasteiger partial charge in [0.05, 0.1) is 17.4 Å². The molecule has 1 aliphatic rings. The molecule has 1 N–H and O–H groups in total. The molecule has 0 unspecified atom stereocenters. The smallest absolute Gasteiger partial charge is 0.348 e. The summed E-state index contributed by atoms with van der Waals surface area (Å²) in [5.41, 5.74) is -0.234. The molecular weight excluding hydrogens is 445 g/mol. The number of halogens is 4. The monoisotopic (exact) mass is 462 g/mol. The number of benzene rings is 2. The first-order valence-corrected chi connectivity index (χ1v) is 10.2. The van der Waals surface area contributed by atoms with Crippen molar-refractivity contribution in [3.8, 4) is 5.69 Å². The molecule has 6 nitrogen and oxygen atoms in total. The van der Waals surface area contributed by atoms with Gasteiger partial charge in [-0.2, -0.15) is 18.3 Å². The Labute approximate surface area is 186 Å². The van der Waals surface area contributed by atoms with Crippen LogP contribution in [-0.4, -0.2) is 28.1 Å². The van der Waals surface area contributed by atoms with Crippen LogP contribution in [0, 0.1) is 0 Å². The standard InChI is InChI=1S/C22H18ClF3N4O2/c23-15-3-1-4-17(11-15)30-20(22(24,25)26)18(13-28-30)21(32)27-12-14-6-8-16(9-7-14)29-10-2-5-19(29)31/h1,3-4,6-9,11,13H,2,5,10,12H2,(H,27,32). The van der Waals surface area contributed by atoms with E-state index in [2.05, 4.69) is 10.4 Å². The van der Waals surface area contributed by atoms with E-state index in [4.69, 9.17) is 11.6 Å². The van der Waals surface area contributed by atoms with Gasteiger partial charge in [0.25, 0.3) is 5.91 Å². The molecule has 0 radical (unpaired) electrons. The maximum atomic E-state index is 13.8. The second-order valence-electron chi connectivity index (χ2n) is 7.29. The number of hydrogen-bond donors (Lipinski definition) is 1. The average molecular weight is 463 g/mol. The predicted molar refractivity (Wildman–Crippen MR) is 113 cm³/mol. The van der Waals surface area contributed by atoms with Crippen molar-refractivity contribution in [2.75, 3.05) is 11.4 Å². The maximum absolute atomic E-state index is 13.8. The quantitative estimate of drug-likeness (QED) is 0.602.